The minimum atomic E-state index is -0.306. The third-order valence-electron chi connectivity index (χ3n) is 1.46. The van der Waals surface area contributed by atoms with Crippen molar-refractivity contribution in [1.29, 1.82) is 0 Å². The minimum Gasteiger partial charge on any atom is -0.463 e. The van der Waals surface area contributed by atoms with Gasteiger partial charge in [0.25, 0.3) is 0 Å². The molecule has 0 fully saturated rings. The van der Waals surface area contributed by atoms with Crippen LogP contribution in [0.4, 0.5) is 0 Å². The Bertz CT molecular complexity index is 190. The molecule has 0 radical (unpaired) electrons. The van der Waals surface area contributed by atoms with Crippen molar-refractivity contribution in [3.8, 4) is 0 Å². The fourth-order valence-electron chi connectivity index (χ4n) is 0.558. The van der Waals surface area contributed by atoms with Gasteiger partial charge in [0, 0.05) is 6.08 Å². The van der Waals surface area contributed by atoms with Gasteiger partial charge in [0.05, 0.1) is 6.61 Å². The molecule has 2 nitrogen and oxygen atoms in total. The maximum Gasteiger partial charge on any atom is 0.330 e. The van der Waals surface area contributed by atoms with Crippen molar-refractivity contribution >= 4 is 5.97 Å². The van der Waals surface area contributed by atoms with E-state index < -0.39 is 0 Å². The van der Waals surface area contributed by atoms with Gasteiger partial charge in [-0.2, -0.15) is 0 Å². The number of carbonyl (C=O) groups is 1. The lowest BCUT2D eigenvalue weighted by Crippen LogP contribution is -1.99. The summed E-state index contributed by atoms with van der Waals surface area (Å²) >= 11 is 0. The zero-order valence-electron chi connectivity index (χ0n) is 7.96. The van der Waals surface area contributed by atoms with Gasteiger partial charge in [-0.05, 0) is 12.8 Å². The van der Waals surface area contributed by atoms with Gasteiger partial charge in [0.2, 0.25) is 0 Å². The van der Waals surface area contributed by atoms with Gasteiger partial charge < -0.3 is 4.74 Å². The van der Waals surface area contributed by atoms with Crippen LogP contribution in [0.1, 0.15) is 20.8 Å². The van der Waals surface area contributed by atoms with Crippen LogP contribution in [0.3, 0.4) is 0 Å². The zero-order chi connectivity index (χ0) is 9.56. The minimum absolute atomic E-state index is 0.306. The van der Waals surface area contributed by atoms with E-state index in [4.69, 9.17) is 4.74 Å². The Labute approximate surface area is 73.9 Å². The lowest BCUT2D eigenvalue weighted by Gasteiger charge is -2.02. The van der Waals surface area contributed by atoms with Crippen LogP contribution >= 0.6 is 0 Å². The Kier molecular flexibility index (Phi) is 5.09. The second-order valence-electron chi connectivity index (χ2n) is 2.81. The number of carbonyl (C=O) groups excluding carboxylic acids is 1. The summed E-state index contributed by atoms with van der Waals surface area (Å²) in [6.45, 7) is 10.0. The summed E-state index contributed by atoms with van der Waals surface area (Å²) in [5, 5.41) is 0. The summed E-state index contributed by atoms with van der Waals surface area (Å²) < 4.78 is 4.71. The first-order valence-corrected chi connectivity index (χ1v) is 4.11. The zero-order valence-corrected chi connectivity index (χ0v) is 7.96. The highest BCUT2D eigenvalue weighted by atomic mass is 16.5. The second kappa shape index (κ2) is 5.58. The van der Waals surface area contributed by atoms with Crippen LogP contribution in [-0.2, 0) is 9.53 Å². The van der Waals surface area contributed by atoms with Gasteiger partial charge in [-0.3, -0.25) is 0 Å². The summed E-state index contributed by atoms with van der Waals surface area (Å²) in [5.74, 6) is 0.0648. The van der Waals surface area contributed by atoms with Gasteiger partial charge in [0.1, 0.15) is 0 Å². The van der Waals surface area contributed by atoms with Gasteiger partial charge in [-0.15, -0.1) is 0 Å². The molecule has 0 aromatic carbocycles. The summed E-state index contributed by atoms with van der Waals surface area (Å²) in [7, 11) is 0. The number of esters is 1. The maximum absolute atomic E-state index is 10.8. The first-order chi connectivity index (χ1) is 5.57. The van der Waals surface area contributed by atoms with Crippen molar-refractivity contribution in [2.45, 2.75) is 20.8 Å². The van der Waals surface area contributed by atoms with E-state index in [1.54, 1.807) is 13.0 Å². The third-order valence-corrected chi connectivity index (χ3v) is 1.46. The predicted molar refractivity (Wildman–Crippen MR) is 49.8 cm³/mol. The lowest BCUT2D eigenvalue weighted by molar-refractivity contribution is -0.137. The molecule has 0 rings (SSSR count). The van der Waals surface area contributed by atoms with Crippen LogP contribution in [0.5, 0.6) is 0 Å². The molecule has 0 bridgehead atoms. The van der Waals surface area contributed by atoms with E-state index in [9.17, 15) is 4.79 Å². The fourth-order valence-corrected chi connectivity index (χ4v) is 0.558. The molecule has 0 unspecified atom stereocenters. The van der Waals surface area contributed by atoms with E-state index in [0.29, 0.717) is 12.5 Å². The van der Waals surface area contributed by atoms with E-state index in [-0.39, 0.29) is 5.97 Å². The molecule has 0 aromatic heterocycles. The number of allylic oxidation sites excluding steroid dienone is 2. The maximum atomic E-state index is 10.8. The number of hydrogen-bond acceptors (Lipinski definition) is 2. The lowest BCUT2D eigenvalue weighted by atomic mass is 10.1. The average molecular weight is 168 g/mol. The van der Waals surface area contributed by atoms with Crippen molar-refractivity contribution < 1.29 is 9.53 Å². The van der Waals surface area contributed by atoms with Crippen LogP contribution in [-0.4, -0.2) is 12.6 Å². The fraction of sp³-hybridized carbons (Fsp3) is 0.500. The molecule has 0 saturated heterocycles. The molecule has 68 valence electrons. The molecule has 12 heavy (non-hydrogen) atoms. The molecule has 0 atom stereocenters. The average Bonchev–Trinajstić information content (AvgIpc) is 2.00. The Morgan fingerprint density at radius 3 is 2.50 bits per heavy atom. The van der Waals surface area contributed by atoms with E-state index in [2.05, 4.69) is 6.58 Å². The monoisotopic (exact) mass is 168 g/mol. The van der Waals surface area contributed by atoms with Gasteiger partial charge in [0.15, 0.2) is 0 Å². The van der Waals surface area contributed by atoms with E-state index >= 15 is 0 Å². The van der Waals surface area contributed by atoms with Crippen LogP contribution in [0, 0.1) is 5.92 Å². The summed E-state index contributed by atoms with van der Waals surface area (Å²) in [6, 6.07) is 0. The Morgan fingerprint density at radius 2 is 2.08 bits per heavy atom. The molecule has 0 spiro atoms. The van der Waals surface area contributed by atoms with Gasteiger partial charge in [-0.25, -0.2) is 4.79 Å². The van der Waals surface area contributed by atoms with Crippen molar-refractivity contribution in [3.05, 3.63) is 24.3 Å². The molecule has 0 aromatic rings. The van der Waals surface area contributed by atoms with E-state index in [1.165, 1.54) is 6.08 Å². The normalized spacial score (nSPS) is 10.7. The highest BCUT2D eigenvalue weighted by Gasteiger charge is 1.97. The number of rotatable bonds is 4. The van der Waals surface area contributed by atoms with Crippen molar-refractivity contribution in [1.82, 2.24) is 0 Å². The molecule has 0 N–H and O–H groups in total. The van der Waals surface area contributed by atoms with Crippen molar-refractivity contribution in [2.75, 3.05) is 6.61 Å². The summed E-state index contributed by atoms with van der Waals surface area (Å²) in [4.78, 5) is 10.8. The second-order valence-corrected chi connectivity index (χ2v) is 2.81. The van der Waals surface area contributed by atoms with Crippen LogP contribution in [0.15, 0.2) is 24.3 Å². The van der Waals surface area contributed by atoms with Crippen molar-refractivity contribution in [2.24, 2.45) is 5.92 Å². The predicted octanol–water partition coefficient (Wildman–Crippen LogP) is 2.32. The molecular weight excluding hydrogens is 152 g/mol. The summed E-state index contributed by atoms with van der Waals surface area (Å²) in [5.41, 5.74) is 0.933. The molecule has 0 heterocycles. The molecule has 0 amide bonds. The Hall–Kier alpha value is -1.05. The first-order valence-electron chi connectivity index (χ1n) is 4.11. The van der Waals surface area contributed by atoms with Crippen LogP contribution < -0.4 is 0 Å². The first kappa shape index (κ1) is 11.0. The largest absolute Gasteiger partial charge is 0.463 e. The molecule has 0 aliphatic heterocycles. The summed E-state index contributed by atoms with van der Waals surface area (Å²) in [6.07, 6.45) is 3.11. The Balaban J connectivity index is 3.90. The molecule has 0 saturated carbocycles. The molecule has 0 aliphatic rings. The number of ether oxygens (including phenoxy) is 1. The quantitative estimate of drug-likeness (QED) is 0.366. The van der Waals surface area contributed by atoms with Crippen LogP contribution in [0.2, 0.25) is 0 Å². The van der Waals surface area contributed by atoms with Gasteiger partial charge in [-0.1, -0.05) is 32.1 Å². The highest BCUT2D eigenvalue weighted by molar-refractivity contribution is 5.82. The van der Waals surface area contributed by atoms with Crippen LogP contribution in [0.25, 0.3) is 0 Å². The standard InChI is InChI=1S/C10H16O2/c1-5-12-10(11)7-6-9(4)8(2)3/h6-8H,4-5H2,1-3H3/b7-6+. The Morgan fingerprint density at radius 1 is 1.50 bits per heavy atom. The third kappa shape index (κ3) is 4.72. The smallest absolute Gasteiger partial charge is 0.330 e. The highest BCUT2D eigenvalue weighted by Crippen LogP contribution is 2.07. The molecular formula is C10H16O2. The topological polar surface area (TPSA) is 26.3 Å². The van der Waals surface area contributed by atoms with Gasteiger partial charge >= 0.3 is 5.97 Å². The number of hydrogen-bond donors (Lipinski definition) is 0. The molecule has 0 aliphatic carbocycles. The van der Waals surface area contributed by atoms with E-state index in [0.717, 1.165) is 5.57 Å². The SMILES string of the molecule is C=C(/C=C/C(=O)OCC)C(C)C. The molecule has 2 heteroatoms. The van der Waals surface area contributed by atoms with Crippen molar-refractivity contribution in [3.63, 3.8) is 0 Å². The van der Waals surface area contributed by atoms with E-state index in [1.807, 2.05) is 13.8 Å².